The van der Waals surface area contributed by atoms with E-state index in [4.69, 9.17) is 24.1 Å². The van der Waals surface area contributed by atoms with Crippen LogP contribution < -0.4 is 10.6 Å². The predicted molar refractivity (Wildman–Crippen MR) is 171 cm³/mol. The van der Waals surface area contributed by atoms with Gasteiger partial charge in [0.25, 0.3) is 0 Å². The molecule has 44 heavy (non-hydrogen) atoms. The fraction of sp³-hybridized carbons (Fsp3) is 0.879. The highest BCUT2D eigenvalue weighted by Crippen LogP contribution is 2.13. The molecule has 0 bridgehead atoms. The van der Waals surface area contributed by atoms with Gasteiger partial charge in [0.2, 0.25) is 11.8 Å². The van der Waals surface area contributed by atoms with E-state index >= 15 is 0 Å². The fourth-order valence-corrected chi connectivity index (χ4v) is 4.50. The molecular formula is C33H62N2O9. The normalized spacial score (nSPS) is 11.0. The number of carbonyl (C=O) groups excluding carboxylic acids is 3. The number of carbonyl (C=O) groups is 4. The van der Waals surface area contributed by atoms with E-state index in [2.05, 4.69) is 10.6 Å². The number of hydrogen-bond acceptors (Lipinski definition) is 8. The maximum atomic E-state index is 12.0. The molecule has 0 aliphatic heterocycles. The molecule has 0 aliphatic rings. The van der Waals surface area contributed by atoms with E-state index in [0.717, 1.165) is 32.1 Å². The van der Waals surface area contributed by atoms with Crippen molar-refractivity contribution in [3.8, 4) is 0 Å². The molecule has 0 aromatic heterocycles. The summed E-state index contributed by atoms with van der Waals surface area (Å²) in [7, 11) is 0. The topological polar surface area (TPSA) is 149 Å². The van der Waals surface area contributed by atoms with E-state index in [-0.39, 0.29) is 18.4 Å². The van der Waals surface area contributed by atoms with Crippen molar-refractivity contribution in [3.05, 3.63) is 0 Å². The van der Waals surface area contributed by atoms with Crippen molar-refractivity contribution < 1.29 is 43.2 Å². The lowest BCUT2D eigenvalue weighted by Gasteiger charge is -2.08. The Bertz CT molecular complexity index is 707. The lowest BCUT2D eigenvalue weighted by Crippen LogP contribution is -2.30. The molecule has 0 radical (unpaired) electrons. The second kappa shape index (κ2) is 33.8. The number of nitrogens with one attached hydrogen (secondary N) is 2. The van der Waals surface area contributed by atoms with Gasteiger partial charge in [-0.05, 0) is 32.6 Å². The highest BCUT2D eigenvalue weighted by Gasteiger charge is 2.03. The molecule has 11 heteroatoms. The van der Waals surface area contributed by atoms with Gasteiger partial charge >= 0.3 is 5.97 Å². The van der Waals surface area contributed by atoms with Crippen molar-refractivity contribution in [3.63, 3.8) is 0 Å². The summed E-state index contributed by atoms with van der Waals surface area (Å²) in [5.41, 5.74) is 0. The maximum Gasteiger partial charge on any atom is 0.329 e. The number of carboxylic acid groups (broad SMARTS) is 1. The first-order valence-corrected chi connectivity index (χ1v) is 17.0. The highest BCUT2D eigenvalue weighted by molar-refractivity contribution is 5.77. The van der Waals surface area contributed by atoms with Crippen LogP contribution in [-0.4, -0.2) is 94.6 Å². The molecule has 0 aliphatic carbocycles. The highest BCUT2D eigenvalue weighted by atomic mass is 16.5. The second-order valence-corrected chi connectivity index (χ2v) is 11.3. The van der Waals surface area contributed by atoms with Crippen LogP contribution in [0.1, 0.15) is 122 Å². The van der Waals surface area contributed by atoms with Crippen molar-refractivity contribution in [1.82, 2.24) is 10.6 Å². The number of ether oxygens (including phenoxy) is 4. The monoisotopic (exact) mass is 630 g/mol. The molecule has 0 unspecified atom stereocenters. The van der Waals surface area contributed by atoms with E-state index in [1.807, 2.05) is 0 Å². The van der Waals surface area contributed by atoms with Crippen LogP contribution in [0.5, 0.6) is 0 Å². The van der Waals surface area contributed by atoms with Crippen LogP contribution in [0.15, 0.2) is 0 Å². The van der Waals surface area contributed by atoms with Crippen LogP contribution in [0.25, 0.3) is 0 Å². The molecule has 3 N–H and O–H groups in total. The average Bonchev–Trinajstić information content (AvgIpc) is 2.98. The van der Waals surface area contributed by atoms with Gasteiger partial charge < -0.3 is 39.5 Å². The molecule has 0 rings (SSSR count). The van der Waals surface area contributed by atoms with Crippen molar-refractivity contribution in [2.24, 2.45) is 0 Å². The van der Waals surface area contributed by atoms with Crippen molar-refractivity contribution in [2.45, 2.75) is 122 Å². The fourth-order valence-electron chi connectivity index (χ4n) is 4.50. The lowest BCUT2D eigenvalue weighted by atomic mass is 10.0. The Morgan fingerprint density at radius 3 is 1.27 bits per heavy atom. The third kappa shape index (κ3) is 36.1. The van der Waals surface area contributed by atoms with Gasteiger partial charge in [-0.1, -0.05) is 77.0 Å². The summed E-state index contributed by atoms with van der Waals surface area (Å²) in [5.74, 6) is -1.03. The summed E-state index contributed by atoms with van der Waals surface area (Å²) >= 11 is 0. The lowest BCUT2D eigenvalue weighted by molar-refractivity contribution is -0.143. The van der Waals surface area contributed by atoms with Crippen LogP contribution in [0, 0.1) is 0 Å². The molecule has 0 heterocycles. The number of unbranched alkanes of at least 4 members (excludes halogenated alkanes) is 13. The van der Waals surface area contributed by atoms with E-state index in [1.165, 1.54) is 70.6 Å². The molecule has 0 spiro atoms. The van der Waals surface area contributed by atoms with E-state index in [9.17, 15) is 19.2 Å². The zero-order chi connectivity index (χ0) is 32.4. The van der Waals surface area contributed by atoms with Crippen LogP contribution in [-0.2, 0) is 38.1 Å². The molecule has 0 aromatic carbocycles. The van der Waals surface area contributed by atoms with Gasteiger partial charge in [0, 0.05) is 39.1 Å². The van der Waals surface area contributed by atoms with E-state index < -0.39 is 12.6 Å². The summed E-state index contributed by atoms with van der Waals surface area (Å²) in [6.45, 7) is 4.92. The second-order valence-electron chi connectivity index (χ2n) is 11.3. The minimum Gasteiger partial charge on any atom is -0.480 e. The van der Waals surface area contributed by atoms with Crippen molar-refractivity contribution in [1.29, 1.82) is 0 Å². The third-order valence-electron chi connectivity index (χ3n) is 6.96. The number of aliphatic carboxylic acids is 1. The van der Waals surface area contributed by atoms with Crippen molar-refractivity contribution >= 4 is 23.6 Å². The summed E-state index contributed by atoms with van der Waals surface area (Å²) < 4.78 is 21.1. The van der Waals surface area contributed by atoms with E-state index in [1.54, 1.807) is 6.92 Å². The molecule has 0 aromatic rings. The summed E-state index contributed by atoms with van der Waals surface area (Å²) in [4.78, 5) is 44.6. The Morgan fingerprint density at radius 2 is 0.841 bits per heavy atom. The van der Waals surface area contributed by atoms with Gasteiger partial charge in [-0.15, -0.1) is 0 Å². The van der Waals surface area contributed by atoms with Gasteiger partial charge in [0.1, 0.15) is 19.0 Å². The molecule has 0 fully saturated rings. The van der Waals surface area contributed by atoms with Crippen LogP contribution in [0.3, 0.4) is 0 Å². The minimum absolute atomic E-state index is 0.124. The zero-order valence-corrected chi connectivity index (χ0v) is 27.5. The van der Waals surface area contributed by atoms with Gasteiger partial charge in [0.05, 0.1) is 26.4 Å². The molecule has 2 amide bonds. The number of hydrogen-bond donors (Lipinski definition) is 3. The molecule has 0 atom stereocenters. The summed E-state index contributed by atoms with van der Waals surface area (Å²) in [6.07, 6.45) is 20.1. The SMILES string of the molecule is CC(=O)CCCCCCCCCCCCCCCCC(=O)NCCCOCCOCCOCCCNC(=O)COCC(=O)O. The standard InChI is InChI=1S/C33H62N2O9/c1-30(36)18-14-12-10-8-6-4-2-3-5-7-9-11-13-15-19-31(37)34-20-16-22-41-24-26-43-27-25-42-23-17-21-35-32(38)28-44-29-33(39)40/h2-29H2,1H3,(H,34,37)(H,35,38)(H,39,40). The number of ketones is 1. The average molecular weight is 631 g/mol. The third-order valence-corrected chi connectivity index (χ3v) is 6.96. The van der Waals surface area contributed by atoms with Crippen LogP contribution in [0.2, 0.25) is 0 Å². The largest absolute Gasteiger partial charge is 0.480 e. The van der Waals surface area contributed by atoms with Crippen LogP contribution >= 0.6 is 0 Å². The van der Waals surface area contributed by atoms with Gasteiger partial charge in [0.15, 0.2) is 0 Å². The predicted octanol–water partition coefficient (Wildman–Crippen LogP) is 4.98. The molecule has 0 saturated heterocycles. The Hall–Kier alpha value is -2.08. The first-order chi connectivity index (χ1) is 21.4. The summed E-state index contributed by atoms with van der Waals surface area (Å²) in [6, 6.07) is 0. The summed E-state index contributed by atoms with van der Waals surface area (Å²) in [5, 5.41) is 14.0. The maximum absolute atomic E-state index is 12.0. The van der Waals surface area contributed by atoms with Gasteiger partial charge in [-0.2, -0.15) is 0 Å². The Labute approximate surface area is 265 Å². The number of amides is 2. The number of rotatable bonds is 35. The quantitative estimate of drug-likeness (QED) is 0.0824. The number of Topliss-reactive ketones (excluding diaryl/α,β-unsaturated/α-hetero) is 1. The zero-order valence-electron chi connectivity index (χ0n) is 27.5. The Morgan fingerprint density at radius 1 is 0.455 bits per heavy atom. The van der Waals surface area contributed by atoms with Gasteiger partial charge in [-0.25, -0.2) is 4.79 Å². The first kappa shape index (κ1) is 41.9. The Kier molecular flexibility index (Phi) is 32.2. The molecular weight excluding hydrogens is 568 g/mol. The minimum atomic E-state index is -1.11. The molecule has 11 nitrogen and oxygen atoms in total. The smallest absolute Gasteiger partial charge is 0.329 e. The van der Waals surface area contributed by atoms with Crippen LogP contribution in [0.4, 0.5) is 0 Å². The molecule has 0 saturated carbocycles. The van der Waals surface area contributed by atoms with Gasteiger partial charge in [-0.3, -0.25) is 9.59 Å². The van der Waals surface area contributed by atoms with Crippen molar-refractivity contribution in [2.75, 3.05) is 65.9 Å². The molecule has 258 valence electrons. The number of carboxylic acids is 1. The first-order valence-electron chi connectivity index (χ1n) is 17.0. The van der Waals surface area contributed by atoms with E-state index in [0.29, 0.717) is 71.4 Å². The Balaban J connectivity index is 3.21.